The van der Waals surface area contributed by atoms with Gasteiger partial charge in [0.2, 0.25) is 5.60 Å². The molecule has 39 heavy (non-hydrogen) atoms. The van der Waals surface area contributed by atoms with Crippen LogP contribution in [0.1, 0.15) is 56.9 Å². The Labute approximate surface area is 242 Å². The summed E-state index contributed by atoms with van der Waals surface area (Å²) in [7, 11) is 0. The number of carbonyl (C=O) groups is 2. The Morgan fingerprint density at radius 3 is 2.72 bits per heavy atom. The number of halogens is 1. The average Bonchev–Trinajstić information content (AvgIpc) is 3.76. The van der Waals surface area contributed by atoms with Crippen molar-refractivity contribution in [1.82, 2.24) is 19.9 Å². The van der Waals surface area contributed by atoms with E-state index in [4.69, 9.17) is 4.74 Å². The highest BCUT2D eigenvalue weighted by atomic mass is 79.9. The van der Waals surface area contributed by atoms with Gasteiger partial charge in [0.1, 0.15) is 17.9 Å². The van der Waals surface area contributed by atoms with Crippen LogP contribution in [-0.2, 0) is 34.5 Å². The normalized spacial score (nSPS) is 17.8. The van der Waals surface area contributed by atoms with Gasteiger partial charge >= 0.3 is 5.97 Å². The maximum atomic E-state index is 13.3. The Kier molecular flexibility index (Phi) is 7.69. The summed E-state index contributed by atoms with van der Waals surface area (Å²) >= 11 is 6.12. The molecule has 0 spiro atoms. The molecule has 0 unspecified atom stereocenters. The molecule has 0 radical (unpaired) electrons. The van der Waals surface area contributed by atoms with E-state index in [0.29, 0.717) is 9.75 Å². The fraction of sp³-hybridized carbons (Fsp3) is 0.429. The zero-order valence-corrected chi connectivity index (χ0v) is 24.6. The van der Waals surface area contributed by atoms with Gasteiger partial charge in [-0.2, -0.15) is 0 Å². The zero-order valence-electron chi connectivity index (χ0n) is 21.3. The predicted octanol–water partition coefficient (Wildman–Crippen LogP) is 4.95. The SMILES string of the molecule is O=Cc1cc2nnn(CCCN3CCC(OC(=O)[C@](O)(c4cccs4)c4ccc(Br)s4)CC3)c2c2c1CCC2. The molecule has 11 heteroatoms. The molecule has 1 saturated heterocycles. The second-order valence-electron chi connectivity index (χ2n) is 10.2. The number of thiophene rings is 2. The van der Waals surface area contributed by atoms with E-state index >= 15 is 0 Å². The van der Waals surface area contributed by atoms with Gasteiger partial charge in [0.15, 0.2) is 0 Å². The van der Waals surface area contributed by atoms with Crippen molar-refractivity contribution in [2.45, 2.75) is 56.8 Å². The summed E-state index contributed by atoms with van der Waals surface area (Å²) < 4.78 is 8.75. The van der Waals surface area contributed by atoms with Gasteiger partial charge in [-0.05, 0) is 102 Å². The van der Waals surface area contributed by atoms with Gasteiger partial charge in [-0.15, -0.1) is 27.8 Å². The van der Waals surface area contributed by atoms with E-state index in [1.807, 2.05) is 28.3 Å². The van der Waals surface area contributed by atoms with E-state index in [2.05, 4.69) is 31.1 Å². The van der Waals surface area contributed by atoms with Crippen molar-refractivity contribution in [2.24, 2.45) is 0 Å². The molecule has 0 amide bonds. The van der Waals surface area contributed by atoms with Crippen LogP contribution in [0.2, 0.25) is 0 Å². The lowest BCUT2D eigenvalue weighted by molar-refractivity contribution is -0.169. The fourth-order valence-electron chi connectivity index (χ4n) is 5.80. The van der Waals surface area contributed by atoms with Crippen LogP contribution in [-0.4, -0.2) is 63.0 Å². The molecule has 3 aromatic heterocycles. The van der Waals surface area contributed by atoms with Crippen LogP contribution in [0.5, 0.6) is 0 Å². The van der Waals surface area contributed by atoms with E-state index in [1.165, 1.54) is 28.2 Å². The zero-order chi connectivity index (χ0) is 27.0. The van der Waals surface area contributed by atoms with Crippen molar-refractivity contribution >= 4 is 61.9 Å². The van der Waals surface area contributed by atoms with Crippen molar-refractivity contribution in [1.29, 1.82) is 0 Å². The number of likely N-dealkylation sites (tertiary alicyclic amines) is 1. The van der Waals surface area contributed by atoms with Crippen molar-refractivity contribution in [2.75, 3.05) is 19.6 Å². The van der Waals surface area contributed by atoms with E-state index < -0.39 is 11.6 Å². The Morgan fingerprint density at radius 1 is 1.18 bits per heavy atom. The number of aryl methyl sites for hydroxylation is 2. The lowest BCUT2D eigenvalue weighted by atomic mass is 9.99. The van der Waals surface area contributed by atoms with Gasteiger partial charge < -0.3 is 14.7 Å². The third-order valence-electron chi connectivity index (χ3n) is 7.79. The summed E-state index contributed by atoms with van der Waals surface area (Å²) in [4.78, 5) is 28.3. The van der Waals surface area contributed by atoms with Crippen molar-refractivity contribution in [3.8, 4) is 0 Å². The summed E-state index contributed by atoms with van der Waals surface area (Å²) in [5.74, 6) is -0.610. The molecule has 4 heterocycles. The molecule has 1 fully saturated rings. The maximum Gasteiger partial charge on any atom is 0.349 e. The van der Waals surface area contributed by atoms with E-state index in [-0.39, 0.29) is 6.10 Å². The van der Waals surface area contributed by atoms with Crippen LogP contribution in [0.15, 0.2) is 39.5 Å². The Bertz CT molecular complexity index is 1490. The molecule has 4 aromatic rings. The van der Waals surface area contributed by atoms with Crippen LogP contribution >= 0.6 is 38.6 Å². The van der Waals surface area contributed by atoms with Gasteiger partial charge in [-0.1, -0.05) is 11.3 Å². The number of aromatic nitrogens is 3. The number of nitrogens with zero attached hydrogens (tertiary/aromatic N) is 4. The first-order valence-electron chi connectivity index (χ1n) is 13.3. The summed E-state index contributed by atoms with van der Waals surface area (Å²) in [5, 5.41) is 22.2. The van der Waals surface area contributed by atoms with E-state index in [0.717, 1.165) is 96.9 Å². The standard InChI is InChI=1S/C28H29BrN4O4S2/c29-25-8-7-24(39-25)28(36,23-6-2-15-38-23)27(35)37-19-9-13-32(14-10-19)11-3-12-33-26-21-5-1-4-20(21)18(17-34)16-22(26)30-31-33/h2,6-8,15-17,19,36H,1,3-5,9-14H2/t28-/m0/s1. The van der Waals surface area contributed by atoms with Crippen LogP contribution in [0.4, 0.5) is 0 Å². The first-order chi connectivity index (χ1) is 19.0. The molecule has 6 rings (SSSR count). The largest absolute Gasteiger partial charge is 0.460 e. The van der Waals surface area contributed by atoms with Crippen LogP contribution in [0.25, 0.3) is 11.0 Å². The van der Waals surface area contributed by atoms with E-state index in [1.54, 1.807) is 12.1 Å². The van der Waals surface area contributed by atoms with Crippen molar-refractivity contribution in [3.63, 3.8) is 0 Å². The molecule has 1 aliphatic carbocycles. The minimum absolute atomic E-state index is 0.225. The van der Waals surface area contributed by atoms with Gasteiger partial charge in [0.25, 0.3) is 0 Å². The smallest absolute Gasteiger partial charge is 0.349 e. The quantitative estimate of drug-likeness (QED) is 0.207. The highest BCUT2D eigenvalue weighted by Crippen LogP contribution is 2.40. The Hall–Kier alpha value is -2.44. The number of fused-ring (bicyclic) bond motifs is 3. The second kappa shape index (κ2) is 11.2. The molecule has 2 aliphatic rings. The molecule has 0 saturated carbocycles. The molecule has 1 atom stereocenters. The summed E-state index contributed by atoms with van der Waals surface area (Å²) in [6.45, 7) is 3.34. The van der Waals surface area contributed by atoms with Crippen LogP contribution in [0, 0.1) is 0 Å². The second-order valence-corrected chi connectivity index (χ2v) is 13.6. The first-order valence-corrected chi connectivity index (χ1v) is 15.7. The summed E-state index contributed by atoms with van der Waals surface area (Å²) in [5.41, 5.74) is 3.24. The molecule has 0 bridgehead atoms. The molecular weight excluding hydrogens is 600 g/mol. The van der Waals surface area contributed by atoms with Gasteiger partial charge in [0, 0.05) is 25.2 Å². The van der Waals surface area contributed by atoms with Gasteiger partial charge in [0.05, 0.1) is 19.1 Å². The number of hydrogen-bond acceptors (Lipinski definition) is 9. The number of piperidine rings is 1. The Morgan fingerprint density at radius 2 is 2.00 bits per heavy atom. The van der Waals surface area contributed by atoms with Gasteiger partial charge in [-0.25, -0.2) is 9.48 Å². The first kappa shape index (κ1) is 26.8. The highest BCUT2D eigenvalue weighted by Gasteiger charge is 2.45. The molecule has 1 aliphatic heterocycles. The number of ether oxygens (including phenoxy) is 1. The van der Waals surface area contributed by atoms with E-state index in [9.17, 15) is 14.7 Å². The van der Waals surface area contributed by atoms with Crippen LogP contribution < -0.4 is 0 Å². The molecule has 1 aromatic carbocycles. The average molecular weight is 630 g/mol. The lowest BCUT2D eigenvalue weighted by Crippen LogP contribution is -2.43. The topological polar surface area (TPSA) is 97.5 Å². The fourth-order valence-corrected chi connectivity index (χ4v) is 8.17. The van der Waals surface area contributed by atoms with Crippen molar-refractivity contribution < 1.29 is 19.4 Å². The number of benzene rings is 1. The number of aliphatic hydroxyl groups is 1. The Balaban J connectivity index is 1.04. The third-order valence-corrected chi connectivity index (χ3v) is 10.5. The molecular formula is C28H29BrN4O4S2. The van der Waals surface area contributed by atoms with Crippen molar-refractivity contribution in [3.05, 3.63) is 65.9 Å². The number of aldehydes is 1. The number of hydrogen-bond donors (Lipinski definition) is 1. The number of esters is 1. The summed E-state index contributed by atoms with van der Waals surface area (Å²) in [6.07, 6.45) is 6.08. The molecule has 8 nitrogen and oxygen atoms in total. The minimum Gasteiger partial charge on any atom is -0.460 e. The molecule has 1 N–H and O–H groups in total. The summed E-state index contributed by atoms with van der Waals surface area (Å²) in [6, 6.07) is 9.08. The predicted molar refractivity (Wildman–Crippen MR) is 154 cm³/mol. The maximum absolute atomic E-state index is 13.3. The monoisotopic (exact) mass is 628 g/mol. The van der Waals surface area contributed by atoms with Crippen LogP contribution in [0.3, 0.4) is 0 Å². The molecule has 204 valence electrons. The highest BCUT2D eigenvalue weighted by molar-refractivity contribution is 9.11. The third kappa shape index (κ3) is 5.11. The van der Waals surface area contributed by atoms with Gasteiger partial charge in [-0.3, -0.25) is 4.79 Å². The number of carbonyl (C=O) groups excluding carboxylic acids is 2. The minimum atomic E-state index is -1.80. The number of rotatable bonds is 9. The lowest BCUT2D eigenvalue weighted by Gasteiger charge is -2.33.